The number of nitrogens with one attached hydrogen (secondary N) is 2. The molecule has 2 amide bonds. The summed E-state index contributed by atoms with van der Waals surface area (Å²) in [5.41, 5.74) is 1.20. The number of aromatic amines is 1. The maximum Gasteiger partial charge on any atom is 0.317 e. The van der Waals surface area contributed by atoms with Crippen molar-refractivity contribution in [3.8, 4) is 0 Å². The van der Waals surface area contributed by atoms with Gasteiger partial charge in [-0.1, -0.05) is 30.3 Å². The molecule has 1 aromatic heterocycles. The van der Waals surface area contributed by atoms with E-state index in [1.165, 1.54) is 5.56 Å². The molecule has 0 unspecified atom stereocenters. The van der Waals surface area contributed by atoms with Gasteiger partial charge in [-0.15, -0.1) is 0 Å². The number of carbonyl (C=O) groups excluding carboxylic acids is 1. The minimum atomic E-state index is -0.159. The second-order valence-corrected chi connectivity index (χ2v) is 8.06. The van der Waals surface area contributed by atoms with Crippen LogP contribution in [0.5, 0.6) is 0 Å². The van der Waals surface area contributed by atoms with E-state index >= 15 is 0 Å². The smallest absolute Gasteiger partial charge is 0.317 e. The number of hydrogen-bond donors (Lipinski definition) is 2. The Morgan fingerprint density at radius 1 is 1.33 bits per heavy atom. The third-order valence-electron chi connectivity index (χ3n) is 5.39. The summed E-state index contributed by atoms with van der Waals surface area (Å²) in [7, 11) is 1.78. The van der Waals surface area contributed by atoms with Crippen LogP contribution in [0.25, 0.3) is 0 Å². The van der Waals surface area contributed by atoms with Crippen LogP contribution < -0.4 is 5.32 Å². The van der Waals surface area contributed by atoms with Crippen LogP contribution in [0.4, 0.5) is 4.79 Å². The van der Waals surface area contributed by atoms with Gasteiger partial charge in [0.1, 0.15) is 5.82 Å². The summed E-state index contributed by atoms with van der Waals surface area (Å²) in [6.07, 6.45) is 6.26. The van der Waals surface area contributed by atoms with Gasteiger partial charge in [0, 0.05) is 38.0 Å². The van der Waals surface area contributed by atoms with Crippen molar-refractivity contribution < 1.29 is 9.53 Å². The van der Waals surface area contributed by atoms with E-state index < -0.39 is 0 Å². The number of aromatic nitrogens is 2. The molecule has 3 rings (SSSR count). The number of H-pyrrole nitrogens is 1. The Balaban J connectivity index is 1.62. The Morgan fingerprint density at radius 2 is 2.11 bits per heavy atom. The van der Waals surface area contributed by atoms with Crippen LogP contribution in [0.1, 0.15) is 44.5 Å². The van der Waals surface area contributed by atoms with Gasteiger partial charge in [0.15, 0.2) is 0 Å². The van der Waals surface area contributed by atoms with Crippen LogP contribution in [0.3, 0.4) is 0 Å². The molecule has 0 radical (unpaired) electrons. The van der Waals surface area contributed by atoms with E-state index in [-0.39, 0.29) is 17.0 Å². The van der Waals surface area contributed by atoms with E-state index in [9.17, 15) is 4.79 Å². The number of ether oxygens (including phenoxy) is 1. The minimum absolute atomic E-state index is 0.0237. The van der Waals surface area contributed by atoms with Crippen LogP contribution in [-0.2, 0) is 16.7 Å². The Hall–Kier alpha value is -2.34. The van der Waals surface area contributed by atoms with Crippen LogP contribution >= 0.6 is 0 Å². The van der Waals surface area contributed by atoms with E-state index in [0.717, 1.165) is 31.7 Å². The highest BCUT2D eigenvalue weighted by atomic mass is 16.5. The third kappa shape index (κ3) is 4.89. The number of amides is 2. The molecular formula is C21H30N4O2. The fraction of sp³-hybridized carbons (Fsp3) is 0.524. The van der Waals surface area contributed by atoms with Gasteiger partial charge >= 0.3 is 6.03 Å². The SMILES string of the molecule is CN(Cc1ncc[nH]1)C(=O)NCC[C@]1(c2ccccc2)CCOC(C)(C)C1. The first kappa shape index (κ1) is 19.4. The molecule has 2 heterocycles. The molecule has 146 valence electrons. The molecule has 1 saturated heterocycles. The molecule has 0 spiro atoms. The molecule has 0 bridgehead atoms. The third-order valence-corrected chi connectivity index (χ3v) is 5.39. The number of carbonyl (C=O) groups is 1. The van der Waals surface area contributed by atoms with Crippen molar-refractivity contribution in [3.63, 3.8) is 0 Å². The zero-order chi connectivity index (χ0) is 19.3. The molecule has 2 aromatic rings. The van der Waals surface area contributed by atoms with Gasteiger partial charge in [-0.3, -0.25) is 0 Å². The largest absolute Gasteiger partial charge is 0.376 e. The number of imidazole rings is 1. The van der Waals surface area contributed by atoms with Gasteiger partial charge in [-0.25, -0.2) is 9.78 Å². The lowest BCUT2D eigenvalue weighted by molar-refractivity contribution is -0.0838. The zero-order valence-electron chi connectivity index (χ0n) is 16.5. The van der Waals surface area contributed by atoms with Crippen molar-refractivity contribution in [2.45, 2.75) is 50.7 Å². The molecule has 1 aliphatic rings. The predicted molar refractivity (Wildman–Crippen MR) is 105 cm³/mol. The molecular weight excluding hydrogens is 340 g/mol. The molecule has 1 fully saturated rings. The lowest BCUT2D eigenvalue weighted by atomic mass is 9.67. The maximum atomic E-state index is 12.4. The molecule has 2 N–H and O–H groups in total. The molecule has 1 aromatic carbocycles. The van der Waals surface area contributed by atoms with Gasteiger partial charge < -0.3 is 19.9 Å². The number of benzene rings is 1. The minimum Gasteiger partial charge on any atom is -0.376 e. The van der Waals surface area contributed by atoms with Crippen LogP contribution in [0, 0.1) is 0 Å². The average molecular weight is 370 g/mol. The maximum absolute atomic E-state index is 12.4. The van der Waals surface area contributed by atoms with Gasteiger partial charge in [-0.05, 0) is 38.7 Å². The van der Waals surface area contributed by atoms with E-state index in [1.54, 1.807) is 24.3 Å². The van der Waals surface area contributed by atoms with Crippen LogP contribution in [0.2, 0.25) is 0 Å². The van der Waals surface area contributed by atoms with Crippen molar-refractivity contribution in [2.24, 2.45) is 0 Å². The molecule has 1 atom stereocenters. The van der Waals surface area contributed by atoms with Gasteiger partial charge in [0.25, 0.3) is 0 Å². The van der Waals surface area contributed by atoms with E-state index in [1.807, 2.05) is 6.07 Å². The van der Waals surface area contributed by atoms with Crippen molar-refractivity contribution >= 4 is 6.03 Å². The monoisotopic (exact) mass is 370 g/mol. The summed E-state index contributed by atoms with van der Waals surface area (Å²) in [4.78, 5) is 21.3. The first-order valence-corrected chi connectivity index (χ1v) is 9.57. The normalized spacial score (nSPS) is 21.6. The summed E-state index contributed by atoms with van der Waals surface area (Å²) >= 11 is 0. The molecule has 6 heteroatoms. The quantitative estimate of drug-likeness (QED) is 0.818. The first-order valence-electron chi connectivity index (χ1n) is 9.57. The molecule has 6 nitrogen and oxygen atoms in total. The Morgan fingerprint density at radius 3 is 2.78 bits per heavy atom. The summed E-state index contributed by atoms with van der Waals surface area (Å²) in [5, 5.41) is 3.07. The van der Waals surface area contributed by atoms with Crippen molar-refractivity contribution in [2.75, 3.05) is 20.2 Å². The summed E-state index contributed by atoms with van der Waals surface area (Å²) in [6, 6.07) is 10.6. The second kappa shape index (κ2) is 8.13. The Labute approximate surface area is 161 Å². The number of rotatable bonds is 6. The first-order chi connectivity index (χ1) is 12.9. The molecule has 0 aliphatic carbocycles. The molecule has 1 aliphatic heterocycles. The van der Waals surface area contributed by atoms with Crippen LogP contribution in [0.15, 0.2) is 42.7 Å². The highest BCUT2D eigenvalue weighted by Gasteiger charge is 2.41. The van der Waals surface area contributed by atoms with Crippen molar-refractivity contribution in [1.29, 1.82) is 0 Å². The van der Waals surface area contributed by atoms with E-state index in [4.69, 9.17) is 4.74 Å². The van der Waals surface area contributed by atoms with E-state index in [0.29, 0.717) is 13.1 Å². The van der Waals surface area contributed by atoms with Crippen molar-refractivity contribution in [1.82, 2.24) is 20.2 Å². The van der Waals surface area contributed by atoms with E-state index in [2.05, 4.69) is 53.4 Å². The summed E-state index contributed by atoms with van der Waals surface area (Å²) in [5.74, 6) is 0.777. The predicted octanol–water partition coefficient (Wildman–Crippen LogP) is 3.47. The molecule has 0 saturated carbocycles. The van der Waals surface area contributed by atoms with Gasteiger partial charge in [0.2, 0.25) is 0 Å². The lowest BCUT2D eigenvalue weighted by Crippen LogP contribution is -2.46. The van der Waals surface area contributed by atoms with Crippen molar-refractivity contribution in [3.05, 3.63) is 54.1 Å². The Kier molecular flexibility index (Phi) is 5.85. The highest BCUT2D eigenvalue weighted by molar-refractivity contribution is 5.73. The lowest BCUT2D eigenvalue weighted by Gasteiger charge is -2.45. The number of nitrogens with zero attached hydrogens (tertiary/aromatic N) is 2. The zero-order valence-corrected chi connectivity index (χ0v) is 16.5. The number of hydrogen-bond acceptors (Lipinski definition) is 3. The Bertz CT molecular complexity index is 730. The highest BCUT2D eigenvalue weighted by Crippen LogP contribution is 2.43. The average Bonchev–Trinajstić information content (AvgIpc) is 3.14. The van der Waals surface area contributed by atoms with Crippen LogP contribution in [-0.4, -0.2) is 46.7 Å². The standard InChI is InChI=1S/C21H30N4O2/c1-20(2)16-21(10-14-27-20,17-7-5-4-6-8-17)9-11-24-19(26)25(3)15-18-22-12-13-23-18/h4-8,12-13H,9-11,14-16H2,1-3H3,(H,22,23)(H,24,26)/t21-/m0/s1. The summed E-state index contributed by atoms with van der Waals surface area (Å²) in [6.45, 7) is 6.14. The fourth-order valence-corrected chi connectivity index (χ4v) is 4.10. The van der Waals surface area contributed by atoms with Gasteiger partial charge in [-0.2, -0.15) is 0 Å². The fourth-order valence-electron chi connectivity index (χ4n) is 4.10. The summed E-state index contributed by atoms with van der Waals surface area (Å²) < 4.78 is 5.96. The topological polar surface area (TPSA) is 70.2 Å². The van der Waals surface area contributed by atoms with Gasteiger partial charge in [0.05, 0.1) is 12.1 Å². The molecule has 27 heavy (non-hydrogen) atoms. The number of urea groups is 1. The second-order valence-electron chi connectivity index (χ2n) is 8.06.